The van der Waals surface area contributed by atoms with Crippen LogP contribution in [-0.2, 0) is 7.05 Å². The molecule has 0 aromatic carbocycles. The molecule has 1 unspecified atom stereocenters. The molecule has 18 heavy (non-hydrogen) atoms. The van der Waals surface area contributed by atoms with Gasteiger partial charge in [0.25, 0.3) is 5.91 Å². The van der Waals surface area contributed by atoms with Crippen molar-refractivity contribution in [3.05, 3.63) is 38.3 Å². The molecular weight excluding hydrogens is 314 g/mol. The maximum atomic E-state index is 12.0. The number of carbonyl (C=O) groups excluding carboxylic acids is 1. The van der Waals surface area contributed by atoms with Crippen LogP contribution in [0, 0.1) is 6.92 Å². The van der Waals surface area contributed by atoms with Gasteiger partial charge in [-0.1, -0.05) is 0 Å². The monoisotopic (exact) mass is 327 g/mol. The summed E-state index contributed by atoms with van der Waals surface area (Å²) in [6.07, 6.45) is 1.80. The summed E-state index contributed by atoms with van der Waals surface area (Å²) in [5, 5.41) is 8.99. The molecule has 4 nitrogen and oxygen atoms in total. The Morgan fingerprint density at radius 3 is 2.83 bits per heavy atom. The Morgan fingerprint density at radius 1 is 1.61 bits per heavy atom. The zero-order valence-corrected chi connectivity index (χ0v) is 12.8. The van der Waals surface area contributed by atoms with Crippen LogP contribution >= 0.6 is 27.3 Å². The average molecular weight is 328 g/mol. The summed E-state index contributed by atoms with van der Waals surface area (Å²) in [5.41, 5.74) is 2.79. The molecule has 6 heteroatoms. The number of thiophene rings is 1. The van der Waals surface area contributed by atoms with E-state index in [9.17, 15) is 4.79 Å². The fraction of sp³-hybridized carbons (Fsp3) is 0.333. The summed E-state index contributed by atoms with van der Waals surface area (Å²) in [4.78, 5) is 12.0. The van der Waals surface area contributed by atoms with Gasteiger partial charge >= 0.3 is 0 Å². The Labute approximate surface area is 118 Å². The van der Waals surface area contributed by atoms with Crippen LogP contribution in [0.1, 0.15) is 34.6 Å². The van der Waals surface area contributed by atoms with Crippen LogP contribution in [-0.4, -0.2) is 15.7 Å². The maximum Gasteiger partial charge on any atom is 0.252 e. The van der Waals surface area contributed by atoms with Crippen molar-refractivity contribution < 1.29 is 4.79 Å². The van der Waals surface area contributed by atoms with Crippen LogP contribution in [0.4, 0.5) is 0 Å². The molecule has 0 bridgehead atoms. The van der Waals surface area contributed by atoms with E-state index < -0.39 is 0 Å². The van der Waals surface area contributed by atoms with E-state index in [4.69, 9.17) is 0 Å². The number of aryl methyl sites for hydroxylation is 1. The molecule has 2 aromatic rings. The molecule has 1 amide bonds. The van der Waals surface area contributed by atoms with E-state index in [-0.39, 0.29) is 11.9 Å². The van der Waals surface area contributed by atoms with Gasteiger partial charge in [0, 0.05) is 23.7 Å². The van der Waals surface area contributed by atoms with Crippen molar-refractivity contribution in [2.45, 2.75) is 19.9 Å². The summed E-state index contributed by atoms with van der Waals surface area (Å²) in [6.45, 7) is 3.95. The van der Waals surface area contributed by atoms with Crippen LogP contribution in [0.15, 0.2) is 21.4 Å². The first-order chi connectivity index (χ1) is 8.49. The highest BCUT2D eigenvalue weighted by molar-refractivity contribution is 9.11. The summed E-state index contributed by atoms with van der Waals surface area (Å²) in [6, 6.07) is 1.77. The minimum atomic E-state index is -0.0623. The molecule has 1 atom stereocenters. The Morgan fingerprint density at radius 2 is 2.33 bits per heavy atom. The van der Waals surface area contributed by atoms with E-state index in [1.54, 1.807) is 10.9 Å². The molecule has 0 aliphatic heterocycles. The first-order valence-corrected chi connectivity index (χ1v) is 7.19. The average Bonchev–Trinajstić information content (AvgIpc) is 2.87. The predicted molar refractivity (Wildman–Crippen MR) is 75.8 cm³/mol. The molecule has 96 valence electrons. The molecule has 0 aliphatic carbocycles. The van der Waals surface area contributed by atoms with E-state index in [2.05, 4.69) is 26.3 Å². The van der Waals surface area contributed by atoms with Crippen LogP contribution in [0.2, 0.25) is 0 Å². The predicted octanol–water partition coefficient (Wildman–Crippen LogP) is 3.04. The second kappa shape index (κ2) is 5.24. The first-order valence-electron chi connectivity index (χ1n) is 5.52. The highest BCUT2D eigenvalue weighted by Crippen LogP contribution is 2.22. The van der Waals surface area contributed by atoms with Crippen molar-refractivity contribution in [2.75, 3.05) is 0 Å². The van der Waals surface area contributed by atoms with Gasteiger partial charge in [0.1, 0.15) is 0 Å². The van der Waals surface area contributed by atoms with Gasteiger partial charge in [-0.25, -0.2) is 0 Å². The number of nitrogens with zero attached hydrogens (tertiary/aromatic N) is 2. The minimum Gasteiger partial charge on any atom is -0.345 e. The third-order valence-corrected chi connectivity index (χ3v) is 4.42. The van der Waals surface area contributed by atoms with Crippen molar-refractivity contribution in [3.63, 3.8) is 0 Å². The van der Waals surface area contributed by atoms with Gasteiger partial charge in [-0.3, -0.25) is 9.48 Å². The Hall–Kier alpha value is -1.14. The number of rotatable bonds is 3. The summed E-state index contributed by atoms with van der Waals surface area (Å²) >= 11 is 4.85. The summed E-state index contributed by atoms with van der Waals surface area (Å²) < 4.78 is 2.76. The van der Waals surface area contributed by atoms with E-state index in [1.165, 1.54) is 11.3 Å². The number of amides is 1. The van der Waals surface area contributed by atoms with Gasteiger partial charge in [-0.05, 0) is 35.8 Å². The SMILES string of the molecule is Cc1c(C(C)NC(=O)c2csc(Br)c2)cnn1C. The van der Waals surface area contributed by atoms with Crippen molar-refractivity contribution in [1.82, 2.24) is 15.1 Å². The first kappa shape index (κ1) is 13.3. The standard InChI is InChI=1S/C12H14BrN3OS/c1-7(10-5-14-16(3)8(10)2)15-12(17)9-4-11(13)18-6-9/h4-7H,1-3H3,(H,15,17). The van der Waals surface area contributed by atoms with Crippen molar-refractivity contribution in [1.29, 1.82) is 0 Å². The fourth-order valence-corrected chi connectivity index (χ4v) is 2.86. The van der Waals surface area contributed by atoms with Gasteiger partial charge in [0.2, 0.25) is 0 Å². The summed E-state index contributed by atoms with van der Waals surface area (Å²) in [7, 11) is 1.89. The molecule has 1 N–H and O–H groups in total. The Bertz CT molecular complexity index is 576. The van der Waals surface area contributed by atoms with E-state index >= 15 is 0 Å². The quantitative estimate of drug-likeness (QED) is 0.941. The molecule has 2 aromatic heterocycles. The number of nitrogens with one attached hydrogen (secondary N) is 1. The number of hydrogen-bond donors (Lipinski definition) is 1. The zero-order chi connectivity index (χ0) is 13.3. The normalized spacial score (nSPS) is 12.4. The lowest BCUT2D eigenvalue weighted by Gasteiger charge is -2.13. The molecule has 0 saturated carbocycles. The third-order valence-electron chi connectivity index (χ3n) is 2.92. The molecule has 2 rings (SSSR count). The largest absolute Gasteiger partial charge is 0.345 e. The maximum absolute atomic E-state index is 12.0. The zero-order valence-electron chi connectivity index (χ0n) is 10.4. The number of halogens is 1. The van der Waals surface area contributed by atoms with Gasteiger partial charge in [-0.15, -0.1) is 11.3 Å². The van der Waals surface area contributed by atoms with Crippen molar-refractivity contribution in [3.8, 4) is 0 Å². The van der Waals surface area contributed by atoms with Crippen LogP contribution < -0.4 is 5.32 Å². The molecule has 0 spiro atoms. The second-order valence-corrected chi connectivity index (χ2v) is 6.43. The van der Waals surface area contributed by atoms with Crippen LogP contribution in [0.5, 0.6) is 0 Å². The molecule has 0 radical (unpaired) electrons. The lowest BCUT2D eigenvalue weighted by molar-refractivity contribution is 0.0940. The van der Waals surface area contributed by atoms with Crippen LogP contribution in [0.25, 0.3) is 0 Å². The fourth-order valence-electron chi connectivity index (χ4n) is 1.73. The molecular formula is C12H14BrN3OS. The van der Waals surface area contributed by atoms with E-state index in [1.807, 2.05) is 32.3 Å². The van der Waals surface area contributed by atoms with Gasteiger partial charge < -0.3 is 5.32 Å². The molecule has 0 aliphatic rings. The molecule has 0 fully saturated rings. The number of aromatic nitrogens is 2. The Balaban J connectivity index is 2.10. The van der Waals surface area contributed by atoms with Crippen molar-refractivity contribution >= 4 is 33.2 Å². The third kappa shape index (κ3) is 2.64. The highest BCUT2D eigenvalue weighted by Gasteiger charge is 2.16. The molecule has 0 saturated heterocycles. The Kier molecular flexibility index (Phi) is 3.87. The lowest BCUT2D eigenvalue weighted by atomic mass is 10.1. The van der Waals surface area contributed by atoms with Gasteiger partial charge in [0.05, 0.1) is 21.6 Å². The number of hydrogen-bond acceptors (Lipinski definition) is 3. The summed E-state index contributed by atoms with van der Waals surface area (Å²) in [5.74, 6) is -0.0623. The topological polar surface area (TPSA) is 46.9 Å². The molecule has 2 heterocycles. The lowest BCUT2D eigenvalue weighted by Crippen LogP contribution is -2.26. The highest BCUT2D eigenvalue weighted by atomic mass is 79.9. The minimum absolute atomic E-state index is 0.0510. The smallest absolute Gasteiger partial charge is 0.252 e. The van der Waals surface area contributed by atoms with Gasteiger partial charge in [-0.2, -0.15) is 5.10 Å². The van der Waals surface area contributed by atoms with Crippen molar-refractivity contribution in [2.24, 2.45) is 7.05 Å². The number of carbonyl (C=O) groups is 1. The second-order valence-electron chi connectivity index (χ2n) is 4.14. The van der Waals surface area contributed by atoms with Gasteiger partial charge in [0.15, 0.2) is 0 Å². The van der Waals surface area contributed by atoms with Crippen LogP contribution in [0.3, 0.4) is 0 Å². The van der Waals surface area contributed by atoms with E-state index in [0.29, 0.717) is 5.56 Å². The van der Waals surface area contributed by atoms with E-state index in [0.717, 1.165) is 15.0 Å².